The van der Waals surface area contributed by atoms with Crippen molar-refractivity contribution >= 4 is 44.9 Å². The van der Waals surface area contributed by atoms with Crippen molar-refractivity contribution in [1.82, 2.24) is 9.55 Å². The summed E-state index contributed by atoms with van der Waals surface area (Å²) in [5, 5.41) is 5.21. The molecule has 0 saturated carbocycles. The van der Waals surface area contributed by atoms with Gasteiger partial charge in [-0.15, -0.1) is 11.3 Å². The number of hydrogen-bond acceptors (Lipinski definition) is 6. The van der Waals surface area contributed by atoms with E-state index >= 15 is 0 Å². The number of carbonyl (C=O) groups excluding carboxylic acids is 1. The van der Waals surface area contributed by atoms with Gasteiger partial charge in [-0.25, -0.2) is 4.98 Å². The highest BCUT2D eigenvalue weighted by molar-refractivity contribution is 7.99. The van der Waals surface area contributed by atoms with Crippen molar-refractivity contribution in [2.75, 3.05) is 11.1 Å². The van der Waals surface area contributed by atoms with Crippen molar-refractivity contribution in [3.05, 3.63) is 82.0 Å². The number of anilines is 1. The van der Waals surface area contributed by atoms with Crippen LogP contribution in [-0.4, -0.2) is 21.2 Å². The van der Waals surface area contributed by atoms with Crippen LogP contribution in [0.1, 0.15) is 5.56 Å². The first kappa shape index (κ1) is 20.2. The second-order valence-electron chi connectivity index (χ2n) is 6.53. The summed E-state index contributed by atoms with van der Waals surface area (Å²) in [7, 11) is 1.67. The largest absolute Gasteiger partial charge is 0.489 e. The lowest BCUT2D eigenvalue weighted by Crippen LogP contribution is -2.20. The van der Waals surface area contributed by atoms with Gasteiger partial charge in [0.25, 0.3) is 5.56 Å². The average molecular weight is 438 g/mol. The van der Waals surface area contributed by atoms with Crippen LogP contribution in [0.2, 0.25) is 0 Å². The minimum atomic E-state index is -0.169. The summed E-state index contributed by atoms with van der Waals surface area (Å²) in [6, 6.07) is 19.0. The zero-order valence-corrected chi connectivity index (χ0v) is 17.8. The van der Waals surface area contributed by atoms with Gasteiger partial charge in [-0.05, 0) is 41.3 Å². The Kier molecular flexibility index (Phi) is 6.15. The van der Waals surface area contributed by atoms with Crippen molar-refractivity contribution in [2.24, 2.45) is 7.05 Å². The van der Waals surface area contributed by atoms with Crippen molar-refractivity contribution in [1.29, 1.82) is 0 Å². The van der Waals surface area contributed by atoms with Gasteiger partial charge in [-0.1, -0.05) is 42.1 Å². The van der Waals surface area contributed by atoms with E-state index < -0.39 is 0 Å². The van der Waals surface area contributed by atoms with Crippen LogP contribution >= 0.6 is 23.1 Å². The van der Waals surface area contributed by atoms with E-state index in [0.717, 1.165) is 11.3 Å². The number of rotatable bonds is 7. The van der Waals surface area contributed by atoms with E-state index in [9.17, 15) is 9.59 Å². The summed E-state index contributed by atoms with van der Waals surface area (Å²) in [4.78, 5) is 29.1. The van der Waals surface area contributed by atoms with E-state index in [1.54, 1.807) is 19.2 Å². The molecule has 152 valence electrons. The van der Waals surface area contributed by atoms with Crippen LogP contribution in [0.5, 0.6) is 5.75 Å². The standard InChI is InChI=1S/C22H19N3O3S2/c1-25-21(27)20-18(11-12-29-20)24-22(25)30-14-19(26)23-16-7-9-17(10-8-16)28-13-15-5-3-2-4-6-15/h2-12H,13-14H2,1H3,(H,23,26). The Balaban J connectivity index is 1.32. The van der Waals surface area contributed by atoms with Gasteiger partial charge in [0.05, 0.1) is 11.3 Å². The van der Waals surface area contributed by atoms with Crippen LogP contribution < -0.4 is 15.6 Å². The summed E-state index contributed by atoms with van der Waals surface area (Å²) in [6.07, 6.45) is 0. The molecule has 2 aromatic heterocycles. The van der Waals surface area contributed by atoms with Gasteiger partial charge >= 0.3 is 0 Å². The molecular weight excluding hydrogens is 418 g/mol. The maximum Gasteiger partial charge on any atom is 0.271 e. The first-order valence-electron chi connectivity index (χ1n) is 9.24. The lowest BCUT2D eigenvalue weighted by Gasteiger charge is -2.09. The second kappa shape index (κ2) is 9.15. The molecule has 0 atom stereocenters. The molecule has 0 saturated heterocycles. The molecule has 0 aliphatic heterocycles. The predicted molar refractivity (Wildman–Crippen MR) is 121 cm³/mol. The predicted octanol–water partition coefficient (Wildman–Crippen LogP) is 4.30. The Bertz CT molecular complexity index is 1220. The second-order valence-corrected chi connectivity index (χ2v) is 8.39. The first-order chi connectivity index (χ1) is 14.6. The third kappa shape index (κ3) is 4.72. The quantitative estimate of drug-likeness (QED) is 0.345. The molecule has 1 N–H and O–H groups in total. The fourth-order valence-corrected chi connectivity index (χ4v) is 4.38. The van der Waals surface area contributed by atoms with E-state index in [1.807, 2.05) is 53.9 Å². The van der Waals surface area contributed by atoms with Crippen LogP contribution in [0.15, 0.2) is 76.0 Å². The van der Waals surface area contributed by atoms with Crippen molar-refractivity contribution in [3.8, 4) is 5.75 Å². The summed E-state index contributed by atoms with van der Waals surface area (Å²) in [6.45, 7) is 0.489. The Morgan fingerprint density at radius 1 is 1.13 bits per heavy atom. The normalized spacial score (nSPS) is 10.8. The number of ether oxygens (including phenoxy) is 1. The number of benzene rings is 2. The third-order valence-corrected chi connectivity index (χ3v) is 6.29. The van der Waals surface area contributed by atoms with E-state index in [1.165, 1.54) is 27.7 Å². The number of nitrogens with zero attached hydrogens (tertiary/aromatic N) is 2. The lowest BCUT2D eigenvalue weighted by atomic mass is 10.2. The molecule has 0 fully saturated rings. The van der Waals surface area contributed by atoms with Crippen LogP contribution in [0.25, 0.3) is 10.2 Å². The van der Waals surface area contributed by atoms with Gasteiger partial charge in [-0.2, -0.15) is 0 Å². The van der Waals surface area contributed by atoms with Crippen LogP contribution in [0, 0.1) is 0 Å². The molecule has 30 heavy (non-hydrogen) atoms. The molecule has 8 heteroatoms. The molecule has 4 rings (SSSR count). The van der Waals surface area contributed by atoms with Gasteiger partial charge in [0.15, 0.2) is 5.16 Å². The zero-order chi connectivity index (χ0) is 20.9. The average Bonchev–Trinajstić information content (AvgIpc) is 3.24. The highest BCUT2D eigenvalue weighted by atomic mass is 32.2. The number of carbonyl (C=O) groups is 1. The lowest BCUT2D eigenvalue weighted by molar-refractivity contribution is -0.113. The molecule has 0 aliphatic rings. The fraction of sp³-hybridized carbons (Fsp3) is 0.136. The Morgan fingerprint density at radius 3 is 2.67 bits per heavy atom. The third-order valence-electron chi connectivity index (χ3n) is 4.37. The van der Waals surface area contributed by atoms with Gasteiger partial charge in [0.2, 0.25) is 5.91 Å². The van der Waals surface area contributed by atoms with Gasteiger partial charge in [0, 0.05) is 12.7 Å². The van der Waals surface area contributed by atoms with Gasteiger partial charge in [-0.3, -0.25) is 14.2 Å². The molecule has 0 aliphatic carbocycles. The van der Waals surface area contributed by atoms with Crippen LogP contribution in [0.3, 0.4) is 0 Å². The number of aromatic nitrogens is 2. The van der Waals surface area contributed by atoms with E-state index in [0.29, 0.717) is 27.7 Å². The molecule has 4 aromatic rings. The number of nitrogens with one attached hydrogen (secondary N) is 1. The SMILES string of the molecule is Cn1c(SCC(=O)Nc2ccc(OCc3ccccc3)cc2)nc2ccsc2c1=O. The topological polar surface area (TPSA) is 73.2 Å². The fourth-order valence-electron chi connectivity index (χ4n) is 2.80. The van der Waals surface area contributed by atoms with Crippen molar-refractivity contribution < 1.29 is 9.53 Å². The highest BCUT2D eigenvalue weighted by Gasteiger charge is 2.12. The highest BCUT2D eigenvalue weighted by Crippen LogP contribution is 2.21. The van der Waals surface area contributed by atoms with Crippen LogP contribution in [-0.2, 0) is 18.4 Å². The number of thioether (sulfide) groups is 1. The zero-order valence-electron chi connectivity index (χ0n) is 16.2. The molecule has 6 nitrogen and oxygen atoms in total. The summed E-state index contributed by atoms with van der Waals surface area (Å²) < 4.78 is 7.86. The van der Waals surface area contributed by atoms with Gasteiger partial charge < -0.3 is 10.1 Å². The van der Waals surface area contributed by atoms with E-state index in [2.05, 4.69) is 10.3 Å². The number of fused-ring (bicyclic) bond motifs is 1. The summed E-state index contributed by atoms with van der Waals surface area (Å²) in [5.41, 5.74) is 2.35. The Labute approximate surface area is 181 Å². The Hall–Kier alpha value is -3.10. The summed E-state index contributed by atoms with van der Waals surface area (Å²) in [5.74, 6) is 0.717. The van der Waals surface area contributed by atoms with Crippen molar-refractivity contribution in [3.63, 3.8) is 0 Å². The minimum absolute atomic E-state index is 0.0935. The van der Waals surface area contributed by atoms with E-state index in [-0.39, 0.29) is 17.2 Å². The van der Waals surface area contributed by atoms with Crippen molar-refractivity contribution in [2.45, 2.75) is 11.8 Å². The molecule has 1 amide bonds. The molecule has 2 aromatic carbocycles. The molecule has 2 heterocycles. The molecule has 0 bridgehead atoms. The number of hydrogen-bond donors (Lipinski definition) is 1. The molecule has 0 unspecified atom stereocenters. The maximum atomic E-state index is 12.3. The first-order valence-corrected chi connectivity index (χ1v) is 11.1. The molecule has 0 radical (unpaired) electrons. The smallest absolute Gasteiger partial charge is 0.271 e. The minimum Gasteiger partial charge on any atom is -0.489 e. The maximum absolute atomic E-state index is 12.3. The number of amides is 1. The molecular formula is C22H19N3O3S2. The van der Waals surface area contributed by atoms with Gasteiger partial charge in [0.1, 0.15) is 17.1 Å². The monoisotopic (exact) mass is 437 g/mol. The van der Waals surface area contributed by atoms with E-state index in [4.69, 9.17) is 4.74 Å². The molecule has 0 spiro atoms. The van der Waals surface area contributed by atoms with Crippen LogP contribution in [0.4, 0.5) is 5.69 Å². The number of thiophene rings is 1. The summed E-state index contributed by atoms with van der Waals surface area (Å²) >= 11 is 2.61. The Morgan fingerprint density at radius 2 is 1.90 bits per heavy atom.